The normalized spacial score (nSPS) is 20.4. The van der Waals surface area contributed by atoms with E-state index in [2.05, 4.69) is 29.9 Å². The predicted molar refractivity (Wildman–Crippen MR) is 72.1 cm³/mol. The molecule has 1 fully saturated rings. The van der Waals surface area contributed by atoms with Gasteiger partial charge in [-0.05, 0) is 69.3 Å². The standard InChI is InChI=1S/C15H24N2/c1-13(15-4-3-9-16-12-15)5-6-14-7-10-17(2)11-8-14/h3-4,9,12-14H,5-8,10-11H2,1-2H3. The zero-order chi connectivity index (χ0) is 12.1. The molecule has 0 radical (unpaired) electrons. The average molecular weight is 232 g/mol. The van der Waals surface area contributed by atoms with Gasteiger partial charge in [-0.2, -0.15) is 0 Å². The molecule has 2 heterocycles. The molecular weight excluding hydrogens is 208 g/mol. The number of pyridine rings is 1. The molecule has 1 saturated heterocycles. The summed E-state index contributed by atoms with van der Waals surface area (Å²) in [5.41, 5.74) is 1.39. The molecule has 2 heteroatoms. The first-order chi connectivity index (χ1) is 8.25. The van der Waals surface area contributed by atoms with Gasteiger partial charge in [-0.15, -0.1) is 0 Å². The molecule has 1 aromatic heterocycles. The predicted octanol–water partition coefficient (Wildman–Crippen LogP) is 3.31. The summed E-state index contributed by atoms with van der Waals surface area (Å²) in [5.74, 6) is 1.61. The lowest BCUT2D eigenvalue weighted by atomic mass is 9.87. The van der Waals surface area contributed by atoms with Crippen molar-refractivity contribution in [3.8, 4) is 0 Å². The summed E-state index contributed by atoms with van der Waals surface area (Å²) >= 11 is 0. The van der Waals surface area contributed by atoms with Crippen molar-refractivity contribution in [2.75, 3.05) is 20.1 Å². The molecule has 0 saturated carbocycles. The molecule has 0 spiro atoms. The second-order valence-corrected chi connectivity index (χ2v) is 5.51. The maximum absolute atomic E-state index is 4.20. The Hall–Kier alpha value is -0.890. The van der Waals surface area contributed by atoms with Crippen LogP contribution in [0.5, 0.6) is 0 Å². The Morgan fingerprint density at radius 3 is 2.82 bits per heavy atom. The topological polar surface area (TPSA) is 16.1 Å². The molecule has 94 valence electrons. The van der Waals surface area contributed by atoms with Gasteiger partial charge in [0.25, 0.3) is 0 Å². The second kappa shape index (κ2) is 6.15. The second-order valence-electron chi connectivity index (χ2n) is 5.51. The van der Waals surface area contributed by atoms with Gasteiger partial charge < -0.3 is 4.90 Å². The van der Waals surface area contributed by atoms with Gasteiger partial charge in [0.1, 0.15) is 0 Å². The van der Waals surface area contributed by atoms with Gasteiger partial charge in [0.05, 0.1) is 0 Å². The van der Waals surface area contributed by atoms with Crippen LogP contribution < -0.4 is 0 Å². The molecule has 0 bridgehead atoms. The quantitative estimate of drug-likeness (QED) is 0.792. The van der Waals surface area contributed by atoms with Crippen molar-refractivity contribution in [3.63, 3.8) is 0 Å². The lowest BCUT2D eigenvalue weighted by Gasteiger charge is -2.29. The van der Waals surface area contributed by atoms with E-state index in [0.29, 0.717) is 5.92 Å². The van der Waals surface area contributed by atoms with Crippen molar-refractivity contribution in [1.82, 2.24) is 9.88 Å². The Labute approximate surface area is 105 Å². The van der Waals surface area contributed by atoms with E-state index in [9.17, 15) is 0 Å². The Morgan fingerprint density at radius 1 is 1.41 bits per heavy atom. The summed E-state index contributed by atoms with van der Waals surface area (Å²) in [6, 6.07) is 4.24. The Bertz CT molecular complexity index is 315. The Kier molecular flexibility index (Phi) is 4.55. The fourth-order valence-electron chi connectivity index (χ4n) is 2.67. The van der Waals surface area contributed by atoms with Crippen LogP contribution in [0.1, 0.15) is 44.1 Å². The third kappa shape index (κ3) is 3.81. The van der Waals surface area contributed by atoms with E-state index in [1.54, 1.807) is 0 Å². The Morgan fingerprint density at radius 2 is 2.18 bits per heavy atom. The molecule has 1 atom stereocenters. The minimum atomic E-state index is 0.656. The van der Waals surface area contributed by atoms with Crippen LogP contribution in [0.4, 0.5) is 0 Å². The van der Waals surface area contributed by atoms with Gasteiger partial charge in [-0.1, -0.05) is 13.0 Å². The lowest BCUT2D eigenvalue weighted by molar-refractivity contribution is 0.208. The number of nitrogens with zero attached hydrogens (tertiary/aromatic N) is 2. The Balaban J connectivity index is 1.75. The summed E-state index contributed by atoms with van der Waals surface area (Å²) < 4.78 is 0. The summed E-state index contributed by atoms with van der Waals surface area (Å²) in [4.78, 5) is 6.65. The van der Waals surface area contributed by atoms with E-state index >= 15 is 0 Å². The lowest BCUT2D eigenvalue weighted by Crippen LogP contribution is -2.30. The van der Waals surface area contributed by atoms with Crippen molar-refractivity contribution >= 4 is 0 Å². The number of rotatable bonds is 4. The largest absolute Gasteiger partial charge is 0.306 e. The van der Waals surface area contributed by atoms with Crippen LogP contribution in [0.3, 0.4) is 0 Å². The van der Waals surface area contributed by atoms with E-state index < -0.39 is 0 Å². The highest BCUT2D eigenvalue weighted by molar-refractivity contribution is 5.13. The van der Waals surface area contributed by atoms with Gasteiger partial charge in [0, 0.05) is 12.4 Å². The molecule has 17 heavy (non-hydrogen) atoms. The number of hydrogen-bond donors (Lipinski definition) is 0. The third-order valence-corrected chi connectivity index (χ3v) is 4.10. The molecule has 2 nitrogen and oxygen atoms in total. The first-order valence-corrected chi connectivity index (χ1v) is 6.84. The highest BCUT2D eigenvalue weighted by atomic mass is 15.1. The minimum absolute atomic E-state index is 0.656. The zero-order valence-electron chi connectivity index (χ0n) is 11.1. The molecule has 1 aliphatic rings. The van der Waals surface area contributed by atoms with Crippen molar-refractivity contribution in [2.24, 2.45) is 5.92 Å². The summed E-state index contributed by atoms with van der Waals surface area (Å²) in [6.07, 6.45) is 9.32. The van der Waals surface area contributed by atoms with E-state index in [0.717, 1.165) is 5.92 Å². The van der Waals surface area contributed by atoms with Crippen LogP contribution in [-0.4, -0.2) is 30.0 Å². The van der Waals surface area contributed by atoms with Crippen LogP contribution in [-0.2, 0) is 0 Å². The molecule has 1 aliphatic heterocycles. The molecule has 0 amide bonds. The van der Waals surface area contributed by atoms with Crippen LogP contribution >= 0.6 is 0 Å². The minimum Gasteiger partial charge on any atom is -0.306 e. The average Bonchev–Trinajstić information content (AvgIpc) is 2.39. The number of likely N-dealkylation sites (tertiary alicyclic amines) is 1. The van der Waals surface area contributed by atoms with Gasteiger partial charge in [0.15, 0.2) is 0 Å². The number of hydrogen-bond acceptors (Lipinski definition) is 2. The molecular formula is C15H24N2. The summed E-state index contributed by atoms with van der Waals surface area (Å²) in [6.45, 7) is 4.89. The monoisotopic (exact) mass is 232 g/mol. The zero-order valence-corrected chi connectivity index (χ0v) is 11.1. The van der Waals surface area contributed by atoms with E-state index in [1.807, 2.05) is 18.5 Å². The highest BCUT2D eigenvalue weighted by Crippen LogP contribution is 2.27. The van der Waals surface area contributed by atoms with Gasteiger partial charge in [-0.3, -0.25) is 4.98 Å². The molecule has 1 unspecified atom stereocenters. The number of aromatic nitrogens is 1. The summed E-state index contributed by atoms with van der Waals surface area (Å²) in [5, 5.41) is 0. The fourth-order valence-corrected chi connectivity index (χ4v) is 2.67. The van der Waals surface area contributed by atoms with Crippen LogP contribution in [0.2, 0.25) is 0 Å². The van der Waals surface area contributed by atoms with E-state index in [-0.39, 0.29) is 0 Å². The molecule has 2 rings (SSSR count). The molecule has 0 aliphatic carbocycles. The third-order valence-electron chi connectivity index (χ3n) is 4.10. The van der Waals surface area contributed by atoms with Gasteiger partial charge in [-0.25, -0.2) is 0 Å². The van der Waals surface area contributed by atoms with Gasteiger partial charge >= 0.3 is 0 Å². The van der Waals surface area contributed by atoms with Crippen molar-refractivity contribution in [1.29, 1.82) is 0 Å². The van der Waals surface area contributed by atoms with Crippen LogP contribution in [0.15, 0.2) is 24.5 Å². The SMILES string of the molecule is CC(CCC1CCN(C)CC1)c1cccnc1. The van der Waals surface area contributed by atoms with Crippen molar-refractivity contribution < 1.29 is 0 Å². The maximum Gasteiger partial charge on any atom is 0.0302 e. The molecule has 1 aromatic rings. The fraction of sp³-hybridized carbons (Fsp3) is 0.667. The van der Waals surface area contributed by atoms with Crippen LogP contribution in [0.25, 0.3) is 0 Å². The van der Waals surface area contributed by atoms with Crippen molar-refractivity contribution in [3.05, 3.63) is 30.1 Å². The first kappa shape index (κ1) is 12.6. The molecule has 0 N–H and O–H groups in total. The smallest absolute Gasteiger partial charge is 0.0302 e. The first-order valence-electron chi connectivity index (χ1n) is 6.84. The molecule has 0 aromatic carbocycles. The highest BCUT2D eigenvalue weighted by Gasteiger charge is 2.17. The van der Waals surface area contributed by atoms with E-state index in [1.165, 1.54) is 44.3 Å². The maximum atomic E-state index is 4.20. The number of piperidine rings is 1. The van der Waals surface area contributed by atoms with Gasteiger partial charge in [0.2, 0.25) is 0 Å². The van der Waals surface area contributed by atoms with E-state index in [4.69, 9.17) is 0 Å². The van der Waals surface area contributed by atoms with Crippen molar-refractivity contribution in [2.45, 2.75) is 38.5 Å². The van der Waals surface area contributed by atoms with Crippen LogP contribution in [0, 0.1) is 5.92 Å². The summed E-state index contributed by atoms with van der Waals surface area (Å²) in [7, 11) is 2.23.